The van der Waals surface area contributed by atoms with Crippen LogP contribution in [0.2, 0.25) is 0 Å². The number of carbonyl (C=O) groups is 3. The van der Waals surface area contributed by atoms with E-state index in [1.807, 2.05) is 0 Å². The van der Waals surface area contributed by atoms with Gasteiger partial charge in [0, 0.05) is 6.42 Å². The molecule has 2 rings (SSSR count). The van der Waals surface area contributed by atoms with E-state index in [4.69, 9.17) is 14.2 Å². The van der Waals surface area contributed by atoms with E-state index in [9.17, 15) is 14.4 Å². The number of benzene rings is 2. The summed E-state index contributed by atoms with van der Waals surface area (Å²) in [5, 5.41) is 0. The second-order valence-corrected chi connectivity index (χ2v) is 10.0. The summed E-state index contributed by atoms with van der Waals surface area (Å²) < 4.78 is 16.1. The van der Waals surface area contributed by atoms with Gasteiger partial charge in [0.15, 0.2) is 0 Å². The summed E-state index contributed by atoms with van der Waals surface area (Å²) in [5.41, 5.74) is 0.750. The van der Waals surface area contributed by atoms with E-state index in [0.717, 1.165) is 32.1 Å². The minimum absolute atomic E-state index is 0.264. The first kappa shape index (κ1) is 32.1. The highest BCUT2D eigenvalue weighted by Gasteiger charge is 2.12. The maximum atomic E-state index is 12.5. The number of hydrogen-bond acceptors (Lipinski definition) is 6. The minimum Gasteiger partial charge on any atom is -0.462 e. The van der Waals surface area contributed by atoms with Crippen LogP contribution in [0.5, 0.6) is 11.5 Å². The normalized spacial score (nSPS) is 10.7. The van der Waals surface area contributed by atoms with Crippen LogP contribution in [0.25, 0.3) is 0 Å². The molecule has 0 aliphatic carbocycles. The number of esters is 3. The van der Waals surface area contributed by atoms with Gasteiger partial charge in [-0.2, -0.15) is 0 Å². The van der Waals surface area contributed by atoms with Gasteiger partial charge in [-0.25, -0.2) is 9.59 Å². The average molecular weight is 539 g/mol. The molecular weight excluding hydrogens is 492 g/mol. The molecule has 0 N–H and O–H groups in total. The lowest BCUT2D eigenvalue weighted by atomic mass is 10.1. The molecule has 39 heavy (non-hydrogen) atoms. The highest BCUT2D eigenvalue weighted by Crippen LogP contribution is 2.18. The molecule has 0 bridgehead atoms. The number of ether oxygens (including phenoxy) is 3. The summed E-state index contributed by atoms with van der Waals surface area (Å²) in [5.74, 6) is -0.450. The van der Waals surface area contributed by atoms with Crippen molar-refractivity contribution in [3.05, 3.63) is 59.7 Å². The van der Waals surface area contributed by atoms with Crippen LogP contribution in [-0.4, -0.2) is 24.5 Å². The summed E-state index contributed by atoms with van der Waals surface area (Å²) in [6, 6.07) is 12.6. The Labute approximate surface area is 234 Å². The molecule has 0 amide bonds. The van der Waals surface area contributed by atoms with Crippen LogP contribution in [-0.2, 0) is 9.53 Å². The van der Waals surface area contributed by atoms with E-state index in [0.29, 0.717) is 35.7 Å². The lowest BCUT2D eigenvalue weighted by Crippen LogP contribution is -2.10. The van der Waals surface area contributed by atoms with Crippen molar-refractivity contribution in [1.82, 2.24) is 0 Å². The molecule has 6 heteroatoms. The molecule has 6 nitrogen and oxygen atoms in total. The Morgan fingerprint density at radius 3 is 1.49 bits per heavy atom. The maximum Gasteiger partial charge on any atom is 0.343 e. The highest BCUT2D eigenvalue weighted by atomic mass is 16.5. The SMILES string of the molecule is CCCCCCCCCOC(=O)c1ccc(OC(=O)c2ccc(OC(=O)CCCCCCCCC)cc2)cc1. The van der Waals surface area contributed by atoms with Gasteiger partial charge in [-0.15, -0.1) is 0 Å². The van der Waals surface area contributed by atoms with Crippen molar-refractivity contribution in [2.24, 2.45) is 0 Å². The third-order valence-corrected chi connectivity index (χ3v) is 6.59. The third kappa shape index (κ3) is 14.0. The van der Waals surface area contributed by atoms with Gasteiger partial charge in [0.1, 0.15) is 11.5 Å². The Balaban J connectivity index is 1.67. The van der Waals surface area contributed by atoms with Crippen molar-refractivity contribution in [3.8, 4) is 11.5 Å². The first-order valence-corrected chi connectivity index (χ1v) is 14.8. The Kier molecular flexibility index (Phi) is 16.3. The van der Waals surface area contributed by atoms with Gasteiger partial charge in [0.2, 0.25) is 0 Å². The summed E-state index contributed by atoms with van der Waals surface area (Å²) in [7, 11) is 0. The van der Waals surface area contributed by atoms with Crippen molar-refractivity contribution in [3.63, 3.8) is 0 Å². The molecule has 0 aliphatic heterocycles. The van der Waals surface area contributed by atoms with Gasteiger partial charge in [-0.05, 0) is 61.4 Å². The molecule has 214 valence electrons. The molecule has 0 atom stereocenters. The van der Waals surface area contributed by atoms with E-state index in [1.54, 1.807) is 48.5 Å². The van der Waals surface area contributed by atoms with Gasteiger partial charge in [0.25, 0.3) is 0 Å². The van der Waals surface area contributed by atoms with Gasteiger partial charge >= 0.3 is 17.9 Å². The van der Waals surface area contributed by atoms with Crippen molar-refractivity contribution >= 4 is 17.9 Å². The van der Waals surface area contributed by atoms with Crippen LogP contribution >= 0.6 is 0 Å². The van der Waals surface area contributed by atoms with Gasteiger partial charge < -0.3 is 14.2 Å². The molecule has 2 aromatic carbocycles. The summed E-state index contributed by atoms with van der Waals surface area (Å²) in [6.45, 7) is 4.81. The molecule has 0 unspecified atom stereocenters. The molecule has 2 aromatic rings. The Morgan fingerprint density at radius 1 is 0.513 bits per heavy atom. The van der Waals surface area contributed by atoms with Crippen molar-refractivity contribution in [2.75, 3.05) is 6.61 Å². The number of carbonyl (C=O) groups excluding carboxylic acids is 3. The standard InChI is InChI=1S/C33H46O6/c1-3-5-7-9-11-13-15-17-31(34)38-29-22-20-28(21-23-29)33(36)39-30-24-18-27(19-25-30)32(35)37-26-16-14-12-10-8-6-4-2/h18-25H,3-17,26H2,1-2H3. The van der Waals surface area contributed by atoms with E-state index in [1.165, 1.54) is 57.8 Å². The summed E-state index contributed by atoms with van der Waals surface area (Å²) in [6.07, 6.45) is 16.5. The first-order chi connectivity index (χ1) is 19.0. The predicted molar refractivity (Wildman–Crippen MR) is 154 cm³/mol. The smallest absolute Gasteiger partial charge is 0.343 e. The summed E-state index contributed by atoms with van der Waals surface area (Å²) >= 11 is 0. The second-order valence-electron chi connectivity index (χ2n) is 10.0. The minimum atomic E-state index is -0.537. The molecule has 0 radical (unpaired) electrons. The molecule has 0 aliphatic rings. The van der Waals surface area contributed by atoms with Gasteiger partial charge in [0.05, 0.1) is 17.7 Å². The van der Waals surface area contributed by atoms with Crippen LogP contribution in [0.3, 0.4) is 0 Å². The van der Waals surface area contributed by atoms with Gasteiger partial charge in [-0.1, -0.05) is 90.9 Å². The number of unbranched alkanes of at least 4 members (excludes halogenated alkanes) is 12. The molecule has 0 saturated heterocycles. The zero-order chi connectivity index (χ0) is 28.1. The van der Waals surface area contributed by atoms with Crippen molar-refractivity contribution in [2.45, 2.75) is 110 Å². The molecule has 0 saturated carbocycles. The highest BCUT2D eigenvalue weighted by molar-refractivity contribution is 5.92. The van der Waals surface area contributed by atoms with E-state index >= 15 is 0 Å². The number of hydrogen-bond donors (Lipinski definition) is 0. The zero-order valence-corrected chi connectivity index (χ0v) is 23.9. The lowest BCUT2D eigenvalue weighted by Gasteiger charge is -2.08. The van der Waals surface area contributed by atoms with E-state index < -0.39 is 5.97 Å². The van der Waals surface area contributed by atoms with Gasteiger partial charge in [-0.3, -0.25) is 4.79 Å². The fourth-order valence-corrected chi connectivity index (χ4v) is 4.20. The largest absolute Gasteiger partial charge is 0.462 e. The van der Waals surface area contributed by atoms with Crippen LogP contribution in [0.1, 0.15) is 131 Å². The average Bonchev–Trinajstić information content (AvgIpc) is 2.94. The lowest BCUT2D eigenvalue weighted by molar-refractivity contribution is -0.134. The third-order valence-electron chi connectivity index (χ3n) is 6.59. The van der Waals surface area contributed by atoms with Crippen LogP contribution in [0, 0.1) is 0 Å². The summed E-state index contributed by atoms with van der Waals surface area (Å²) in [4.78, 5) is 36.8. The maximum absolute atomic E-state index is 12.5. The van der Waals surface area contributed by atoms with E-state index in [2.05, 4.69) is 13.8 Å². The first-order valence-electron chi connectivity index (χ1n) is 14.8. The quantitative estimate of drug-likeness (QED) is 0.0951. The van der Waals surface area contributed by atoms with Crippen LogP contribution in [0.4, 0.5) is 0 Å². The Morgan fingerprint density at radius 2 is 0.949 bits per heavy atom. The molecular formula is C33H46O6. The fraction of sp³-hybridized carbons (Fsp3) is 0.545. The topological polar surface area (TPSA) is 78.9 Å². The molecule has 0 fully saturated rings. The van der Waals surface area contributed by atoms with Crippen LogP contribution in [0.15, 0.2) is 48.5 Å². The molecule has 0 heterocycles. The number of rotatable bonds is 20. The monoisotopic (exact) mass is 538 g/mol. The second kappa shape index (κ2) is 19.9. The fourth-order valence-electron chi connectivity index (χ4n) is 4.20. The molecule has 0 spiro atoms. The zero-order valence-electron chi connectivity index (χ0n) is 23.9. The molecule has 0 aromatic heterocycles. The van der Waals surface area contributed by atoms with Crippen molar-refractivity contribution < 1.29 is 28.6 Å². The van der Waals surface area contributed by atoms with Crippen molar-refractivity contribution in [1.29, 1.82) is 0 Å². The Hall–Kier alpha value is -3.15. The Bertz CT molecular complexity index is 965. The van der Waals surface area contributed by atoms with E-state index in [-0.39, 0.29) is 11.9 Å². The van der Waals surface area contributed by atoms with Crippen LogP contribution < -0.4 is 9.47 Å². The predicted octanol–water partition coefficient (Wildman–Crippen LogP) is 8.86.